The average molecular weight is 470 g/mol. The average Bonchev–Trinajstić information content (AvgIpc) is 2.75. The van der Waals surface area contributed by atoms with Gasteiger partial charge in [0, 0.05) is 5.97 Å². The zero-order valence-corrected chi connectivity index (χ0v) is 22.8. The van der Waals surface area contributed by atoms with Gasteiger partial charge in [-0.15, -0.1) is 0 Å². The summed E-state index contributed by atoms with van der Waals surface area (Å²) in [5.41, 5.74) is 0. The summed E-state index contributed by atoms with van der Waals surface area (Å²) < 4.78 is 0.848. The monoisotopic (exact) mass is 469 g/mol. The Balaban J connectivity index is 3.40. The highest BCUT2D eigenvalue weighted by atomic mass is 16.4. The zero-order valence-electron chi connectivity index (χ0n) is 22.8. The molecule has 0 heterocycles. The minimum atomic E-state index is -0.941. The number of quaternary nitrogens is 1. The van der Waals surface area contributed by atoms with Gasteiger partial charge in [0.25, 0.3) is 0 Å². The number of carbonyl (C=O) groups excluding carboxylic acids is 1. The fourth-order valence-corrected chi connectivity index (χ4v) is 4.84. The van der Waals surface area contributed by atoms with Crippen molar-refractivity contribution in [2.45, 2.75) is 154 Å². The van der Waals surface area contributed by atoms with Crippen LogP contribution >= 0.6 is 0 Å². The van der Waals surface area contributed by atoms with Crippen molar-refractivity contribution in [3.8, 4) is 0 Å². The molecule has 198 valence electrons. The van der Waals surface area contributed by atoms with E-state index < -0.39 is 5.97 Å². The fraction of sp³-hybridized carbons (Fsp3) is 0.966. The Labute approximate surface area is 207 Å². The lowest BCUT2D eigenvalue weighted by molar-refractivity contribution is -0.893. The van der Waals surface area contributed by atoms with E-state index >= 15 is 0 Å². The van der Waals surface area contributed by atoms with Crippen molar-refractivity contribution in [1.82, 2.24) is 0 Å². The first kappa shape index (κ1) is 32.4. The normalized spacial score (nSPS) is 12.8. The molecule has 0 aliphatic carbocycles. The predicted molar refractivity (Wildman–Crippen MR) is 140 cm³/mol. The fourth-order valence-electron chi connectivity index (χ4n) is 4.84. The van der Waals surface area contributed by atoms with Gasteiger partial charge in [-0.25, -0.2) is 0 Å². The van der Waals surface area contributed by atoms with Crippen LogP contribution < -0.4 is 5.11 Å². The zero-order chi connectivity index (χ0) is 24.6. The van der Waals surface area contributed by atoms with E-state index in [1.54, 1.807) is 0 Å². The Hall–Kier alpha value is -0.610. The molecular weight excluding hydrogens is 410 g/mol. The lowest BCUT2D eigenvalue weighted by Gasteiger charge is -2.32. The maximum Gasteiger partial charge on any atom is 0.105 e. The van der Waals surface area contributed by atoms with Gasteiger partial charge in [0.05, 0.1) is 20.6 Å². The number of carbonyl (C=O) groups is 1. The maximum absolute atomic E-state index is 10.4. The molecule has 1 N–H and O–H groups in total. The van der Waals surface area contributed by atoms with E-state index in [1.807, 2.05) is 0 Å². The number of unbranched alkanes of at least 4 members (excludes halogenated alkanes) is 18. The molecule has 0 aliphatic heterocycles. The number of nitrogens with zero attached hydrogens (tertiary/aromatic N) is 1. The third-order valence-corrected chi connectivity index (χ3v) is 6.99. The van der Waals surface area contributed by atoms with Crippen molar-refractivity contribution >= 4 is 5.97 Å². The van der Waals surface area contributed by atoms with Gasteiger partial charge in [-0.3, -0.25) is 0 Å². The van der Waals surface area contributed by atoms with Crippen LogP contribution in [-0.2, 0) is 4.79 Å². The molecule has 0 saturated heterocycles. The first-order valence-electron chi connectivity index (χ1n) is 14.6. The molecule has 0 spiro atoms. The van der Waals surface area contributed by atoms with Crippen molar-refractivity contribution < 1.29 is 19.5 Å². The molecule has 0 bridgehead atoms. The van der Waals surface area contributed by atoms with Crippen LogP contribution in [0.15, 0.2) is 0 Å². The number of likely N-dealkylation sites (N-methyl/N-ethyl adjacent to an activating group) is 1. The van der Waals surface area contributed by atoms with Crippen LogP contribution in [0.3, 0.4) is 0 Å². The number of rotatable bonds is 26. The topological polar surface area (TPSA) is 60.4 Å². The van der Waals surface area contributed by atoms with Crippen LogP contribution in [0.2, 0.25) is 0 Å². The van der Waals surface area contributed by atoms with Crippen LogP contribution in [0, 0.1) is 0 Å². The Morgan fingerprint density at radius 2 is 1.06 bits per heavy atom. The highest BCUT2D eigenvalue weighted by Gasteiger charge is 2.19. The molecule has 0 aromatic carbocycles. The van der Waals surface area contributed by atoms with Gasteiger partial charge in [-0.2, -0.15) is 0 Å². The summed E-state index contributed by atoms with van der Waals surface area (Å²) in [6, 6.07) is 0. The standard InChI is InChI=1S/C29H59NO3/c1-4-5-6-7-8-9-10-11-12-13-14-15-16-17-18-21-24-28(31)27-30(2,3)26-23-20-19-22-25-29(32)33/h28,31H,4-27H2,1-3H3. The van der Waals surface area contributed by atoms with Gasteiger partial charge >= 0.3 is 0 Å². The van der Waals surface area contributed by atoms with Gasteiger partial charge < -0.3 is 19.5 Å². The summed E-state index contributed by atoms with van der Waals surface area (Å²) in [5.74, 6) is -0.941. The van der Waals surface area contributed by atoms with Crippen LogP contribution in [0.4, 0.5) is 0 Å². The van der Waals surface area contributed by atoms with E-state index in [0.717, 1.165) is 56.1 Å². The molecule has 33 heavy (non-hydrogen) atoms. The molecule has 0 amide bonds. The summed E-state index contributed by atoms with van der Waals surface area (Å²) in [5, 5.41) is 20.8. The van der Waals surface area contributed by atoms with Crippen molar-refractivity contribution in [2.24, 2.45) is 0 Å². The number of aliphatic carboxylic acids is 1. The van der Waals surface area contributed by atoms with Crippen molar-refractivity contribution in [3.63, 3.8) is 0 Å². The van der Waals surface area contributed by atoms with Crippen LogP contribution in [0.5, 0.6) is 0 Å². The first-order chi connectivity index (χ1) is 15.9. The van der Waals surface area contributed by atoms with Gasteiger partial charge in [-0.1, -0.05) is 116 Å². The van der Waals surface area contributed by atoms with Gasteiger partial charge in [-0.05, 0) is 32.1 Å². The largest absolute Gasteiger partial charge is 0.550 e. The van der Waals surface area contributed by atoms with Gasteiger partial charge in [0.15, 0.2) is 0 Å². The number of aliphatic hydroxyl groups is 1. The van der Waals surface area contributed by atoms with Crippen LogP contribution in [-0.4, -0.2) is 48.8 Å². The van der Waals surface area contributed by atoms with E-state index in [4.69, 9.17) is 0 Å². The maximum atomic E-state index is 10.4. The Morgan fingerprint density at radius 1 is 0.667 bits per heavy atom. The quantitative estimate of drug-likeness (QED) is 0.112. The first-order valence-corrected chi connectivity index (χ1v) is 14.6. The Bertz CT molecular complexity index is 425. The number of hydrogen-bond acceptors (Lipinski definition) is 3. The van der Waals surface area contributed by atoms with Crippen molar-refractivity contribution in [2.75, 3.05) is 27.2 Å². The van der Waals surface area contributed by atoms with E-state index in [2.05, 4.69) is 21.0 Å². The molecule has 1 unspecified atom stereocenters. The highest BCUT2D eigenvalue weighted by molar-refractivity contribution is 5.63. The van der Waals surface area contributed by atoms with Gasteiger partial charge in [0.2, 0.25) is 0 Å². The molecule has 0 aromatic heterocycles. The second-order valence-corrected chi connectivity index (χ2v) is 11.1. The molecule has 0 aliphatic rings. The lowest BCUT2D eigenvalue weighted by Crippen LogP contribution is -2.46. The highest BCUT2D eigenvalue weighted by Crippen LogP contribution is 2.15. The van der Waals surface area contributed by atoms with E-state index in [0.29, 0.717) is 0 Å². The summed E-state index contributed by atoms with van der Waals surface area (Å²) >= 11 is 0. The second kappa shape index (κ2) is 23.1. The Kier molecular flexibility index (Phi) is 22.7. The molecule has 0 fully saturated rings. The van der Waals surface area contributed by atoms with Crippen molar-refractivity contribution in [3.05, 3.63) is 0 Å². The summed E-state index contributed by atoms with van der Waals surface area (Å²) in [6.45, 7) is 4.14. The predicted octanol–water partition coefficient (Wildman–Crippen LogP) is 6.78. The minimum absolute atomic E-state index is 0.177. The van der Waals surface area contributed by atoms with Gasteiger partial charge in [0.1, 0.15) is 12.6 Å². The number of carboxylic acids is 1. The van der Waals surface area contributed by atoms with Crippen LogP contribution in [0.1, 0.15) is 148 Å². The number of carboxylic acid groups (broad SMARTS) is 1. The summed E-state index contributed by atoms with van der Waals surface area (Å²) in [7, 11) is 4.38. The lowest BCUT2D eigenvalue weighted by atomic mass is 10.0. The van der Waals surface area contributed by atoms with E-state index in [1.165, 1.54) is 96.3 Å². The summed E-state index contributed by atoms with van der Waals surface area (Å²) in [4.78, 5) is 10.4. The smallest absolute Gasteiger partial charge is 0.105 e. The van der Waals surface area contributed by atoms with Crippen LogP contribution in [0.25, 0.3) is 0 Å². The third-order valence-electron chi connectivity index (χ3n) is 6.99. The molecule has 4 nitrogen and oxygen atoms in total. The molecule has 4 heteroatoms. The summed E-state index contributed by atoms with van der Waals surface area (Å²) in [6.07, 6.45) is 26.8. The molecule has 0 rings (SSSR count). The number of hydrogen-bond donors (Lipinski definition) is 1. The number of aliphatic hydroxyl groups excluding tert-OH is 1. The molecule has 0 aromatic rings. The molecule has 0 radical (unpaired) electrons. The molecule has 0 saturated carbocycles. The van der Waals surface area contributed by atoms with E-state index in [9.17, 15) is 15.0 Å². The SMILES string of the molecule is CCCCCCCCCCCCCCCCCCC(O)C[N+](C)(C)CCCCCCC(=O)[O-]. The molecule has 1 atom stereocenters. The Morgan fingerprint density at radius 3 is 1.52 bits per heavy atom. The van der Waals surface area contributed by atoms with E-state index in [-0.39, 0.29) is 12.5 Å². The minimum Gasteiger partial charge on any atom is -0.550 e. The van der Waals surface area contributed by atoms with Crippen molar-refractivity contribution in [1.29, 1.82) is 0 Å². The second-order valence-electron chi connectivity index (χ2n) is 11.1. The molecular formula is C29H59NO3. The third kappa shape index (κ3) is 25.8.